The molecule has 0 saturated carbocycles. The Morgan fingerprint density at radius 3 is 2.25 bits per heavy atom. The molecule has 3 aromatic rings. The molecule has 0 fully saturated rings. The summed E-state index contributed by atoms with van der Waals surface area (Å²) in [6.07, 6.45) is -11.1. The molecule has 0 aliphatic rings. The predicted molar refractivity (Wildman–Crippen MR) is 103 cm³/mol. The number of aromatic nitrogens is 1. The van der Waals surface area contributed by atoms with E-state index in [0.29, 0.717) is 24.1 Å². The Morgan fingerprint density at radius 2 is 1.62 bits per heavy atom. The van der Waals surface area contributed by atoms with Gasteiger partial charge in [-0.2, -0.15) is 26.3 Å². The number of benzene rings is 2. The number of hydrogen-bond acceptors (Lipinski definition) is 5. The fraction of sp³-hybridized carbons (Fsp3) is 0.286. The molecule has 0 spiro atoms. The van der Waals surface area contributed by atoms with E-state index >= 15 is 0 Å². The van der Waals surface area contributed by atoms with E-state index < -0.39 is 35.2 Å². The third kappa shape index (κ3) is 5.22. The number of aliphatic hydroxyl groups excluding tert-OH is 1. The van der Waals surface area contributed by atoms with Crippen molar-refractivity contribution in [2.75, 3.05) is 13.1 Å². The maximum Gasteiger partial charge on any atom is 0.433 e. The molecule has 2 aromatic carbocycles. The van der Waals surface area contributed by atoms with Gasteiger partial charge in [0.1, 0.15) is 5.69 Å². The van der Waals surface area contributed by atoms with Gasteiger partial charge < -0.3 is 20.6 Å². The van der Waals surface area contributed by atoms with E-state index in [1.165, 1.54) is 18.2 Å². The Labute approximate surface area is 178 Å². The van der Waals surface area contributed by atoms with E-state index in [1.807, 2.05) is 0 Å². The molecule has 0 saturated heterocycles. The van der Waals surface area contributed by atoms with Crippen LogP contribution < -0.4 is 5.32 Å². The van der Waals surface area contributed by atoms with Gasteiger partial charge in [0.15, 0.2) is 11.5 Å². The number of nitrogens with zero attached hydrogens (tertiary/aromatic N) is 1. The van der Waals surface area contributed by atoms with E-state index in [1.54, 1.807) is 6.07 Å². The van der Waals surface area contributed by atoms with Gasteiger partial charge in [0.2, 0.25) is 0 Å². The molecule has 1 atom stereocenters. The van der Waals surface area contributed by atoms with Crippen LogP contribution in [0.4, 0.5) is 26.3 Å². The van der Waals surface area contributed by atoms with Crippen molar-refractivity contribution in [3.8, 4) is 11.5 Å². The summed E-state index contributed by atoms with van der Waals surface area (Å²) in [4.78, 5) is 3.19. The lowest BCUT2D eigenvalue weighted by Gasteiger charge is -2.19. The summed E-state index contributed by atoms with van der Waals surface area (Å²) in [5.74, 6) is -0.605. The van der Waals surface area contributed by atoms with Crippen LogP contribution in [0.2, 0.25) is 0 Å². The molecule has 0 bridgehead atoms. The fourth-order valence-electron chi connectivity index (χ4n) is 3.23. The number of phenolic OH excluding ortho intramolecular Hbond substituents is 2. The second-order valence-corrected chi connectivity index (χ2v) is 7.09. The fourth-order valence-corrected chi connectivity index (χ4v) is 3.23. The van der Waals surface area contributed by atoms with Gasteiger partial charge in [0.05, 0.1) is 17.2 Å². The quantitative estimate of drug-likeness (QED) is 0.246. The summed E-state index contributed by atoms with van der Waals surface area (Å²) >= 11 is 0. The molecular formula is C21H18F6N2O3. The van der Waals surface area contributed by atoms with E-state index in [2.05, 4.69) is 10.3 Å². The molecule has 1 aromatic heterocycles. The monoisotopic (exact) mass is 460 g/mol. The Balaban J connectivity index is 1.85. The van der Waals surface area contributed by atoms with Crippen molar-refractivity contribution in [1.82, 2.24) is 10.3 Å². The zero-order valence-corrected chi connectivity index (χ0v) is 16.3. The number of pyridine rings is 1. The number of hydrogen-bond donors (Lipinski definition) is 4. The average molecular weight is 460 g/mol. The number of alkyl halides is 6. The van der Waals surface area contributed by atoms with E-state index in [-0.39, 0.29) is 35.5 Å². The maximum absolute atomic E-state index is 13.3. The van der Waals surface area contributed by atoms with Crippen LogP contribution in [0, 0.1) is 0 Å². The highest BCUT2D eigenvalue weighted by Crippen LogP contribution is 2.38. The number of nitrogens with one attached hydrogen (secondary N) is 1. The zero-order valence-electron chi connectivity index (χ0n) is 16.3. The molecular weight excluding hydrogens is 442 g/mol. The van der Waals surface area contributed by atoms with Crippen molar-refractivity contribution in [2.24, 2.45) is 0 Å². The van der Waals surface area contributed by atoms with Crippen LogP contribution in [0.3, 0.4) is 0 Å². The molecule has 172 valence electrons. The van der Waals surface area contributed by atoms with Crippen molar-refractivity contribution in [3.63, 3.8) is 0 Å². The number of para-hydroxylation sites is 1. The Morgan fingerprint density at radius 1 is 0.906 bits per heavy atom. The number of halogens is 6. The first kappa shape index (κ1) is 23.6. The summed E-state index contributed by atoms with van der Waals surface area (Å²) in [6.45, 7) is 0.000935. The molecule has 0 aliphatic carbocycles. The molecule has 1 unspecified atom stereocenters. The highest BCUT2D eigenvalue weighted by atomic mass is 19.4. The minimum Gasteiger partial charge on any atom is -0.504 e. The highest BCUT2D eigenvalue weighted by Gasteiger charge is 2.37. The number of rotatable bonds is 6. The number of aliphatic hydroxyl groups is 1. The molecule has 5 nitrogen and oxygen atoms in total. The summed E-state index contributed by atoms with van der Waals surface area (Å²) < 4.78 is 79.7. The average Bonchev–Trinajstić information content (AvgIpc) is 2.70. The van der Waals surface area contributed by atoms with E-state index in [0.717, 1.165) is 6.07 Å². The number of fused-ring (bicyclic) bond motifs is 1. The number of phenols is 2. The molecule has 1 heterocycles. The summed E-state index contributed by atoms with van der Waals surface area (Å²) in [5, 5.41) is 31.8. The van der Waals surface area contributed by atoms with Gasteiger partial charge in [-0.25, -0.2) is 4.98 Å². The van der Waals surface area contributed by atoms with Gasteiger partial charge >= 0.3 is 12.4 Å². The summed E-state index contributed by atoms with van der Waals surface area (Å²) in [5.41, 5.74) is -3.43. The van der Waals surface area contributed by atoms with Crippen LogP contribution >= 0.6 is 0 Å². The van der Waals surface area contributed by atoms with Crippen LogP contribution in [-0.4, -0.2) is 33.4 Å². The third-order valence-electron chi connectivity index (χ3n) is 4.79. The Hall–Kier alpha value is -3.05. The summed E-state index contributed by atoms with van der Waals surface area (Å²) in [7, 11) is 0. The van der Waals surface area contributed by atoms with Gasteiger partial charge in [-0.15, -0.1) is 0 Å². The topological polar surface area (TPSA) is 85.6 Å². The zero-order chi connectivity index (χ0) is 23.7. The lowest BCUT2D eigenvalue weighted by Crippen LogP contribution is -2.24. The van der Waals surface area contributed by atoms with Gasteiger partial charge in [-0.3, -0.25) is 0 Å². The lowest BCUT2D eigenvalue weighted by molar-refractivity contribution is -0.142. The van der Waals surface area contributed by atoms with E-state index in [4.69, 9.17) is 0 Å². The van der Waals surface area contributed by atoms with Crippen LogP contribution in [0.5, 0.6) is 11.5 Å². The third-order valence-corrected chi connectivity index (χ3v) is 4.79. The minimum absolute atomic E-state index is 0.231. The molecule has 0 aliphatic heterocycles. The Bertz CT molecular complexity index is 1120. The first-order valence-electron chi connectivity index (χ1n) is 9.35. The van der Waals surface area contributed by atoms with Gasteiger partial charge in [-0.05, 0) is 48.4 Å². The lowest BCUT2D eigenvalue weighted by atomic mass is 9.99. The van der Waals surface area contributed by atoms with Gasteiger partial charge in [0, 0.05) is 11.9 Å². The predicted octanol–water partition coefficient (Wildman–Crippen LogP) is 4.55. The van der Waals surface area contributed by atoms with Crippen LogP contribution in [0.15, 0.2) is 42.5 Å². The standard InChI is InChI=1S/C21H18F6N2O3/c22-20(23,24)14-3-1-2-12-13(9-18(21(25,26)27)29-19(12)14)17(32)10-28-7-6-11-4-5-15(30)16(31)8-11/h1-5,8-9,17,28,30-32H,6-7,10H2. The largest absolute Gasteiger partial charge is 0.504 e. The summed E-state index contributed by atoms with van der Waals surface area (Å²) in [6, 6.07) is 7.58. The van der Waals surface area contributed by atoms with Crippen LogP contribution in [-0.2, 0) is 18.8 Å². The van der Waals surface area contributed by atoms with Crippen molar-refractivity contribution in [1.29, 1.82) is 0 Å². The van der Waals surface area contributed by atoms with Crippen molar-refractivity contribution >= 4 is 10.9 Å². The molecule has 0 radical (unpaired) electrons. The molecule has 0 amide bonds. The van der Waals surface area contributed by atoms with E-state index in [9.17, 15) is 41.7 Å². The first-order chi connectivity index (χ1) is 14.9. The Kier molecular flexibility index (Phi) is 6.51. The van der Waals surface area contributed by atoms with Crippen molar-refractivity contribution in [3.05, 3.63) is 64.8 Å². The normalized spacial score (nSPS) is 13.5. The SMILES string of the molecule is Oc1ccc(CCNCC(O)c2cc(C(F)(F)F)nc3c(C(F)(F)F)cccc23)cc1O. The first-order valence-corrected chi connectivity index (χ1v) is 9.35. The van der Waals surface area contributed by atoms with Gasteiger partial charge in [-0.1, -0.05) is 18.2 Å². The second kappa shape index (κ2) is 8.83. The molecule has 11 heteroatoms. The van der Waals surface area contributed by atoms with Crippen molar-refractivity contribution < 1.29 is 41.7 Å². The smallest absolute Gasteiger partial charge is 0.433 e. The molecule has 3 rings (SSSR count). The maximum atomic E-state index is 13.3. The van der Waals surface area contributed by atoms with Crippen LogP contribution in [0.1, 0.15) is 28.5 Å². The van der Waals surface area contributed by atoms with Crippen LogP contribution in [0.25, 0.3) is 10.9 Å². The van der Waals surface area contributed by atoms with Gasteiger partial charge in [0.25, 0.3) is 0 Å². The molecule has 4 N–H and O–H groups in total. The second-order valence-electron chi connectivity index (χ2n) is 7.09. The molecule has 32 heavy (non-hydrogen) atoms. The number of aromatic hydroxyl groups is 2. The van der Waals surface area contributed by atoms with Crippen molar-refractivity contribution in [2.45, 2.75) is 24.9 Å². The minimum atomic E-state index is -5.00. The highest BCUT2D eigenvalue weighted by molar-refractivity contribution is 5.86.